The maximum Gasteiger partial charge on any atom is 0.204 e. The maximum absolute atomic E-state index is 12.1. The van der Waals surface area contributed by atoms with Crippen molar-refractivity contribution in [3.8, 4) is 11.5 Å². The maximum atomic E-state index is 12.1. The van der Waals surface area contributed by atoms with E-state index < -0.39 is 11.2 Å². The Morgan fingerprint density at radius 1 is 1.10 bits per heavy atom. The second-order valence-corrected chi connectivity index (χ2v) is 5.99. The number of hydrogen-bond acceptors (Lipinski definition) is 5. The normalized spacial score (nSPS) is 10.7. The van der Waals surface area contributed by atoms with Crippen LogP contribution in [-0.4, -0.2) is 27.3 Å². The smallest absolute Gasteiger partial charge is 0.204 e. The van der Waals surface area contributed by atoms with E-state index in [1.807, 2.05) is 0 Å². The van der Waals surface area contributed by atoms with Crippen LogP contribution in [0.2, 0.25) is 0 Å². The van der Waals surface area contributed by atoms with Gasteiger partial charge in [-0.25, -0.2) is 0 Å². The third-order valence-corrected chi connectivity index (χ3v) is 2.64. The van der Waals surface area contributed by atoms with Gasteiger partial charge in [0.15, 0.2) is 0 Å². The number of benzene rings is 2. The van der Waals surface area contributed by atoms with Gasteiger partial charge in [0.2, 0.25) is 5.43 Å². The van der Waals surface area contributed by atoms with Crippen LogP contribution in [0, 0.1) is 0 Å². The molecule has 1 aromatic heterocycles. The lowest BCUT2D eigenvalue weighted by atomic mass is 10.1. The molecule has 0 radical (unpaired) electrons. The molecule has 2 aromatic carbocycles. The van der Waals surface area contributed by atoms with Gasteiger partial charge in [0, 0.05) is 12.1 Å². The van der Waals surface area contributed by atoms with Gasteiger partial charge in [-0.1, -0.05) is 23.3 Å². The number of phenols is 2. The molecule has 2 N–H and O–H groups in total. The third kappa shape index (κ3) is 3.29. The zero-order valence-corrected chi connectivity index (χ0v) is 12.3. The van der Waals surface area contributed by atoms with E-state index in [9.17, 15) is 19.6 Å². The molecule has 0 saturated heterocycles. The molecule has 110 valence electrons. The highest BCUT2D eigenvalue weighted by Gasteiger charge is 2.12. The van der Waals surface area contributed by atoms with Crippen molar-refractivity contribution in [2.75, 3.05) is 12.5 Å². The van der Waals surface area contributed by atoms with Gasteiger partial charge in [-0.05, 0) is 12.1 Å². The van der Waals surface area contributed by atoms with Crippen molar-refractivity contribution < 1.29 is 19.2 Å². The zero-order chi connectivity index (χ0) is 15.6. The summed E-state index contributed by atoms with van der Waals surface area (Å²) in [5.41, 5.74) is 0.292. The second-order valence-electron chi connectivity index (χ2n) is 4.51. The zero-order valence-electron chi connectivity index (χ0n) is 11.5. The van der Waals surface area contributed by atoms with E-state index in [0.717, 1.165) is 6.07 Å². The summed E-state index contributed by atoms with van der Waals surface area (Å²) in [6.07, 6.45) is 3.28. The van der Waals surface area contributed by atoms with Crippen molar-refractivity contribution in [3.05, 3.63) is 46.6 Å². The monoisotopic (exact) mass is 306 g/mol. The van der Waals surface area contributed by atoms with Crippen molar-refractivity contribution in [1.29, 1.82) is 0 Å². The minimum Gasteiger partial charge on any atom is -0.617 e. The van der Waals surface area contributed by atoms with Crippen molar-refractivity contribution in [2.24, 2.45) is 0 Å². The summed E-state index contributed by atoms with van der Waals surface area (Å²) < 4.78 is 15.0. The number of phenolic OH excluding ortho intramolecular Hbond substituents is 2. The molecule has 0 amide bonds. The summed E-state index contributed by atoms with van der Waals surface area (Å²) in [4.78, 5) is 12.1. The fourth-order valence-corrected chi connectivity index (χ4v) is 1.89. The molecule has 0 spiro atoms. The summed E-state index contributed by atoms with van der Waals surface area (Å²) in [6, 6.07) is 9.20. The van der Waals surface area contributed by atoms with Gasteiger partial charge < -0.3 is 19.2 Å². The van der Waals surface area contributed by atoms with Crippen molar-refractivity contribution in [3.63, 3.8) is 0 Å². The summed E-state index contributed by atoms with van der Waals surface area (Å²) >= 11 is -0.611. The first kappa shape index (κ1) is 15.2. The van der Waals surface area contributed by atoms with E-state index >= 15 is 0 Å². The number of para-hydroxylation sites is 1. The minimum atomic E-state index is -0.611. The molecular formula is C15H14O5S. The van der Waals surface area contributed by atoms with Crippen LogP contribution in [-0.2, 0) is 11.2 Å². The van der Waals surface area contributed by atoms with E-state index in [0.29, 0.717) is 11.0 Å². The Hall–Kier alpha value is -2.18. The van der Waals surface area contributed by atoms with Crippen LogP contribution in [0.25, 0.3) is 21.9 Å². The Morgan fingerprint density at radius 3 is 2.38 bits per heavy atom. The molecule has 0 aliphatic heterocycles. The lowest BCUT2D eigenvalue weighted by molar-refractivity contribution is 0.453. The molecule has 0 saturated carbocycles. The van der Waals surface area contributed by atoms with Gasteiger partial charge in [-0.2, -0.15) is 0 Å². The van der Waals surface area contributed by atoms with Gasteiger partial charge in [0.25, 0.3) is 0 Å². The predicted molar refractivity (Wildman–Crippen MR) is 83.3 cm³/mol. The Kier molecular flexibility index (Phi) is 4.40. The lowest BCUT2D eigenvalue weighted by Crippen LogP contribution is -2.01. The average Bonchev–Trinajstić information content (AvgIpc) is 2.37. The standard InChI is InChI=1S/C13H8O4.C2H6OS/c14-7-5-9(15)12-11(6-7)17-10-4-2-1-3-8(10)13(12)16;1-4(2)3/h1-6,14-15H;1-2H3. The molecule has 0 aliphatic rings. The Labute approximate surface area is 123 Å². The van der Waals surface area contributed by atoms with Crippen molar-refractivity contribution in [2.45, 2.75) is 0 Å². The number of fused-ring (bicyclic) bond motifs is 2. The first-order valence-electron chi connectivity index (χ1n) is 6.02. The molecule has 0 fully saturated rings. The van der Waals surface area contributed by atoms with E-state index in [1.165, 1.54) is 6.07 Å². The molecule has 0 atom stereocenters. The van der Waals surface area contributed by atoms with Crippen LogP contribution in [0.1, 0.15) is 0 Å². The molecule has 0 aliphatic carbocycles. The minimum absolute atomic E-state index is 0.0847. The van der Waals surface area contributed by atoms with E-state index in [-0.39, 0.29) is 27.9 Å². The number of rotatable bonds is 0. The first-order valence-corrected chi connectivity index (χ1v) is 7.99. The van der Waals surface area contributed by atoms with E-state index in [4.69, 9.17) is 4.42 Å². The average molecular weight is 306 g/mol. The molecule has 0 unspecified atom stereocenters. The fourth-order valence-electron chi connectivity index (χ4n) is 1.89. The van der Waals surface area contributed by atoms with Gasteiger partial charge in [-0.15, -0.1) is 0 Å². The van der Waals surface area contributed by atoms with E-state index in [1.54, 1.807) is 36.8 Å². The molecule has 1 heterocycles. The number of hydrogen-bond donors (Lipinski definition) is 2. The summed E-state index contributed by atoms with van der Waals surface area (Å²) in [5.74, 6) is -0.423. The third-order valence-electron chi connectivity index (χ3n) is 2.64. The largest absolute Gasteiger partial charge is 0.617 e. The van der Waals surface area contributed by atoms with Crippen LogP contribution in [0.4, 0.5) is 0 Å². The molecular weight excluding hydrogens is 292 g/mol. The number of aromatic hydroxyl groups is 2. The Morgan fingerprint density at radius 2 is 1.71 bits per heavy atom. The van der Waals surface area contributed by atoms with Gasteiger partial charge >= 0.3 is 0 Å². The van der Waals surface area contributed by atoms with Crippen LogP contribution in [0.15, 0.2) is 45.6 Å². The molecule has 0 bridgehead atoms. The highest BCUT2D eigenvalue weighted by atomic mass is 32.2. The molecule has 21 heavy (non-hydrogen) atoms. The highest BCUT2D eigenvalue weighted by Crippen LogP contribution is 2.29. The lowest BCUT2D eigenvalue weighted by Gasteiger charge is -2.03. The Bertz CT molecular complexity index is 836. The Balaban J connectivity index is 0.000000361. The summed E-state index contributed by atoms with van der Waals surface area (Å²) in [6.45, 7) is 0. The van der Waals surface area contributed by atoms with Crippen LogP contribution >= 0.6 is 0 Å². The SMILES string of the molecule is C[S+](C)[O-].O=c1c2ccccc2oc2cc(O)cc(O)c12. The summed E-state index contributed by atoms with van der Waals surface area (Å²) in [5, 5.41) is 19.5. The topological polar surface area (TPSA) is 93.7 Å². The molecule has 3 aromatic rings. The van der Waals surface area contributed by atoms with Crippen molar-refractivity contribution in [1.82, 2.24) is 0 Å². The highest BCUT2D eigenvalue weighted by molar-refractivity contribution is 7.89. The van der Waals surface area contributed by atoms with Crippen LogP contribution in [0.5, 0.6) is 11.5 Å². The molecule has 6 heteroatoms. The molecule has 3 rings (SSSR count). The van der Waals surface area contributed by atoms with Gasteiger partial charge in [0.05, 0.1) is 17.9 Å². The van der Waals surface area contributed by atoms with Crippen LogP contribution < -0.4 is 5.43 Å². The quantitative estimate of drug-likeness (QED) is 0.491. The van der Waals surface area contributed by atoms with Crippen molar-refractivity contribution >= 4 is 33.1 Å². The molecule has 5 nitrogen and oxygen atoms in total. The summed E-state index contributed by atoms with van der Waals surface area (Å²) in [7, 11) is 0. The van der Waals surface area contributed by atoms with E-state index in [2.05, 4.69) is 0 Å². The fraction of sp³-hybridized carbons (Fsp3) is 0.133. The predicted octanol–water partition coefficient (Wildman–Crippen LogP) is 2.35. The first-order chi connectivity index (χ1) is 9.90. The second kappa shape index (κ2) is 6.07. The van der Waals surface area contributed by atoms with Gasteiger partial charge in [0.1, 0.15) is 28.1 Å². The van der Waals surface area contributed by atoms with Gasteiger partial charge in [-0.3, -0.25) is 4.79 Å². The van der Waals surface area contributed by atoms with Crippen LogP contribution in [0.3, 0.4) is 0 Å².